The molecule has 0 radical (unpaired) electrons. The van der Waals surface area contributed by atoms with Crippen LogP contribution in [0.2, 0.25) is 0 Å². The van der Waals surface area contributed by atoms with E-state index < -0.39 is 5.60 Å². The standard InChI is InChI=1S/C16H23N3O2S/c1-18(2)11-16(21)5-3-7-19(8-6-16)15(20)13-10-14-12(17-13)4-9-22-14/h4,9-10,17,21H,3,5-8,11H2,1-2H3/t16-/m0/s1. The normalized spacial score (nSPS) is 23.2. The van der Waals surface area contributed by atoms with E-state index in [-0.39, 0.29) is 5.91 Å². The molecule has 0 unspecified atom stereocenters. The largest absolute Gasteiger partial charge is 0.388 e. The molecule has 3 heterocycles. The second-order valence-corrected chi connectivity index (χ2v) is 7.44. The van der Waals surface area contributed by atoms with Gasteiger partial charge in [-0.2, -0.15) is 0 Å². The van der Waals surface area contributed by atoms with E-state index in [0.29, 0.717) is 31.7 Å². The summed E-state index contributed by atoms with van der Waals surface area (Å²) in [6.45, 7) is 1.96. The molecule has 2 aromatic rings. The summed E-state index contributed by atoms with van der Waals surface area (Å²) >= 11 is 1.64. The molecule has 1 saturated heterocycles. The zero-order valence-corrected chi connectivity index (χ0v) is 13.9. The van der Waals surface area contributed by atoms with Gasteiger partial charge in [0.1, 0.15) is 5.69 Å². The fraction of sp³-hybridized carbons (Fsp3) is 0.562. The van der Waals surface area contributed by atoms with Crippen LogP contribution in [-0.2, 0) is 0 Å². The molecule has 1 atom stereocenters. The third-order valence-corrected chi connectivity index (χ3v) is 5.15. The number of thiophene rings is 1. The third-order valence-electron chi connectivity index (χ3n) is 4.29. The van der Waals surface area contributed by atoms with Gasteiger partial charge < -0.3 is 19.9 Å². The Morgan fingerprint density at radius 1 is 1.45 bits per heavy atom. The predicted octanol–water partition coefficient (Wildman–Crippen LogP) is 2.15. The Bertz CT molecular complexity index is 635. The number of likely N-dealkylation sites (N-methyl/N-ethyl adjacent to an activating group) is 1. The molecule has 2 N–H and O–H groups in total. The summed E-state index contributed by atoms with van der Waals surface area (Å²) in [5.41, 5.74) is 0.987. The topological polar surface area (TPSA) is 59.6 Å². The number of hydrogen-bond acceptors (Lipinski definition) is 4. The minimum absolute atomic E-state index is 0.0394. The van der Waals surface area contributed by atoms with Crippen molar-refractivity contribution < 1.29 is 9.90 Å². The number of likely N-dealkylation sites (tertiary alicyclic amines) is 1. The molecule has 1 aliphatic heterocycles. The number of nitrogens with zero attached hydrogens (tertiary/aromatic N) is 2. The monoisotopic (exact) mass is 321 g/mol. The number of aromatic nitrogens is 1. The summed E-state index contributed by atoms with van der Waals surface area (Å²) in [6, 6.07) is 3.92. The highest BCUT2D eigenvalue weighted by molar-refractivity contribution is 7.17. The first-order chi connectivity index (χ1) is 10.5. The van der Waals surface area contributed by atoms with Gasteiger partial charge in [0, 0.05) is 19.6 Å². The molecule has 0 spiro atoms. The maximum Gasteiger partial charge on any atom is 0.270 e. The average Bonchev–Trinajstić information content (AvgIpc) is 2.97. The number of carbonyl (C=O) groups excluding carboxylic acids is 1. The highest BCUT2D eigenvalue weighted by Gasteiger charge is 2.32. The van der Waals surface area contributed by atoms with Crippen molar-refractivity contribution in [3.05, 3.63) is 23.2 Å². The first kappa shape index (κ1) is 15.5. The van der Waals surface area contributed by atoms with Crippen molar-refractivity contribution >= 4 is 27.5 Å². The number of H-pyrrole nitrogens is 1. The van der Waals surface area contributed by atoms with Crippen LogP contribution in [0.25, 0.3) is 10.2 Å². The second kappa shape index (κ2) is 6.02. The zero-order valence-electron chi connectivity index (χ0n) is 13.1. The number of fused-ring (bicyclic) bond motifs is 1. The van der Waals surface area contributed by atoms with Crippen molar-refractivity contribution in [3.63, 3.8) is 0 Å². The van der Waals surface area contributed by atoms with Crippen LogP contribution in [0.15, 0.2) is 17.5 Å². The van der Waals surface area contributed by atoms with E-state index in [9.17, 15) is 9.90 Å². The predicted molar refractivity (Wildman–Crippen MR) is 89.4 cm³/mol. The maximum absolute atomic E-state index is 12.7. The van der Waals surface area contributed by atoms with Crippen LogP contribution in [0, 0.1) is 0 Å². The number of hydrogen-bond donors (Lipinski definition) is 2. The van der Waals surface area contributed by atoms with Gasteiger partial charge in [0.25, 0.3) is 5.91 Å². The van der Waals surface area contributed by atoms with Gasteiger partial charge in [-0.3, -0.25) is 4.79 Å². The van der Waals surface area contributed by atoms with Crippen LogP contribution in [-0.4, -0.2) is 65.1 Å². The van der Waals surface area contributed by atoms with Crippen molar-refractivity contribution in [1.29, 1.82) is 0 Å². The van der Waals surface area contributed by atoms with Gasteiger partial charge in [-0.15, -0.1) is 11.3 Å². The van der Waals surface area contributed by atoms with Crippen molar-refractivity contribution in [1.82, 2.24) is 14.8 Å². The SMILES string of the molecule is CN(C)C[C@]1(O)CCCN(C(=O)c2cc3sccc3[nH]2)CC1. The lowest BCUT2D eigenvalue weighted by Gasteiger charge is -2.29. The smallest absolute Gasteiger partial charge is 0.270 e. The number of rotatable bonds is 3. The first-order valence-corrected chi connectivity index (χ1v) is 8.57. The van der Waals surface area contributed by atoms with Crippen LogP contribution < -0.4 is 0 Å². The highest BCUT2D eigenvalue weighted by Crippen LogP contribution is 2.26. The summed E-state index contributed by atoms with van der Waals surface area (Å²) in [7, 11) is 3.94. The van der Waals surface area contributed by atoms with E-state index in [1.165, 1.54) is 0 Å². The van der Waals surface area contributed by atoms with Crippen LogP contribution in [0.3, 0.4) is 0 Å². The van der Waals surface area contributed by atoms with Crippen molar-refractivity contribution in [2.24, 2.45) is 0 Å². The van der Waals surface area contributed by atoms with Gasteiger partial charge in [-0.25, -0.2) is 0 Å². The minimum atomic E-state index is -0.686. The Morgan fingerprint density at radius 2 is 2.27 bits per heavy atom. The van der Waals surface area contributed by atoms with E-state index in [0.717, 1.165) is 23.1 Å². The Kier molecular flexibility index (Phi) is 4.25. The Hall–Kier alpha value is -1.37. The molecule has 1 aliphatic rings. The molecule has 22 heavy (non-hydrogen) atoms. The maximum atomic E-state index is 12.7. The summed E-state index contributed by atoms with van der Waals surface area (Å²) in [5, 5.41) is 12.7. The van der Waals surface area contributed by atoms with E-state index in [2.05, 4.69) is 4.98 Å². The molecule has 0 aliphatic carbocycles. The Morgan fingerprint density at radius 3 is 3.00 bits per heavy atom. The van der Waals surface area contributed by atoms with Crippen molar-refractivity contribution in [2.45, 2.75) is 24.9 Å². The Labute approximate surface area is 134 Å². The van der Waals surface area contributed by atoms with Gasteiger partial charge in [-0.05, 0) is 50.9 Å². The van der Waals surface area contributed by atoms with Gasteiger partial charge in [-0.1, -0.05) is 0 Å². The fourth-order valence-electron chi connectivity index (χ4n) is 3.26. The lowest BCUT2D eigenvalue weighted by Crippen LogP contribution is -2.41. The van der Waals surface area contributed by atoms with Gasteiger partial charge in [0.15, 0.2) is 0 Å². The average molecular weight is 321 g/mol. The van der Waals surface area contributed by atoms with Gasteiger partial charge >= 0.3 is 0 Å². The fourth-order valence-corrected chi connectivity index (χ4v) is 4.05. The highest BCUT2D eigenvalue weighted by atomic mass is 32.1. The molecule has 2 aromatic heterocycles. The molecule has 6 heteroatoms. The molecule has 0 aromatic carbocycles. The van der Waals surface area contributed by atoms with E-state index in [1.54, 1.807) is 11.3 Å². The van der Waals surface area contributed by atoms with Crippen molar-refractivity contribution in [2.75, 3.05) is 33.7 Å². The number of aliphatic hydroxyl groups is 1. The zero-order chi connectivity index (χ0) is 15.7. The minimum Gasteiger partial charge on any atom is -0.388 e. The van der Waals surface area contributed by atoms with Crippen LogP contribution >= 0.6 is 11.3 Å². The van der Waals surface area contributed by atoms with Gasteiger partial charge in [0.2, 0.25) is 0 Å². The number of amides is 1. The lowest BCUT2D eigenvalue weighted by atomic mass is 9.94. The second-order valence-electron chi connectivity index (χ2n) is 6.49. The van der Waals surface area contributed by atoms with E-state index in [4.69, 9.17) is 0 Å². The summed E-state index contributed by atoms with van der Waals surface area (Å²) in [4.78, 5) is 19.7. The molecule has 120 valence electrons. The molecule has 1 amide bonds. The molecule has 5 nitrogen and oxygen atoms in total. The van der Waals surface area contributed by atoms with E-state index in [1.807, 2.05) is 41.4 Å². The number of carbonyl (C=O) groups is 1. The molecule has 0 bridgehead atoms. The first-order valence-electron chi connectivity index (χ1n) is 7.69. The van der Waals surface area contributed by atoms with Crippen LogP contribution in [0.4, 0.5) is 0 Å². The summed E-state index contributed by atoms with van der Waals surface area (Å²) < 4.78 is 1.11. The summed E-state index contributed by atoms with van der Waals surface area (Å²) in [6.07, 6.45) is 2.21. The molecule has 3 rings (SSSR count). The molecular weight excluding hydrogens is 298 g/mol. The quantitative estimate of drug-likeness (QED) is 0.911. The van der Waals surface area contributed by atoms with E-state index >= 15 is 0 Å². The van der Waals surface area contributed by atoms with Crippen LogP contribution in [0.1, 0.15) is 29.8 Å². The lowest BCUT2D eigenvalue weighted by molar-refractivity contribution is 0.00303. The Balaban J connectivity index is 1.70. The molecule has 0 saturated carbocycles. The third kappa shape index (κ3) is 3.19. The molecular formula is C16H23N3O2S. The number of aromatic amines is 1. The number of nitrogens with one attached hydrogen (secondary N) is 1. The summed E-state index contributed by atoms with van der Waals surface area (Å²) in [5.74, 6) is 0.0394. The molecule has 1 fully saturated rings. The van der Waals surface area contributed by atoms with Gasteiger partial charge in [0.05, 0.1) is 15.8 Å². The van der Waals surface area contributed by atoms with Crippen molar-refractivity contribution in [3.8, 4) is 0 Å². The van der Waals surface area contributed by atoms with Crippen LogP contribution in [0.5, 0.6) is 0 Å².